The van der Waals surface area contributed by atoms with Crippen LogP contribution in [0.15, 0.2) is 34.7 Å². The Kier molecular flexibility index (Phi) is 3.37. The van der Waals surface area contributed by atoms with Crippen LogP contribution in [0, 0.1) is 0 Å². The highest BCUT2D eigenvalue weighted by atomic mass is 16.5. The lowest BCUT2D eigenvalue weighted by Crippen LogP contribution is -2.41. The van der Waals surface area contributed by atoms with E-state index < -0.39 is 0 Å². The largest absolute Gasteiger partial charge is 0.405 e. The van der Waals surface area contributed by atoms with Crippen LogP contribution >= 0.6 is 0 Å². The van der Waals surface area contributed by atoms with Crippen molar-refractivity contribution in [1.82, 2.24) is 10.2 Å². The van der Waals surface area contributed by atoms with Gasteiger partial charge in [0.05, 0.1) is 0 Å². The van der Waals surface area contributed by atoms with Crippen molar-refractivity contribution in [3.05, 3.63) is 41.8 Å². The molecule has 2 heterocycles. The van der Waals surface area contributed by atoms with E-state index in [1.165, 1.54) is 12.0 Å². The number of ether oxygens (including phenoxy) is 1. The molecule has 1 aliphatic heterocycles. The molecule has 1 aromatic heterocycles. The molecule has 2 fully saturated rings. The van der Waals surface area contributed by atoms with Gasteiger partial charge in [-0.15, -0.1) is 5.10 Å². The van der Waals surface area contributed by atoms with Crippen LogP contribution in [0.4, 0.5) is 6.01 Å². The number of aromatic nitrogens is 2. The van der Waals surface area contributed by atoms with Gasteiger partial charge in [0, 0.05) is 18.1 Å². The van der Waals surface area contributed by atoms with Crippen LogP contribution in [0.25, 0.3) is 0 Å². The molecular formula is C17H21N3O2. The summed E-state index contributed by atoms with van der Waals surface area (Å²) in [6.07, 6.45) is 4.40. The van der Waals surface area contributed by atoms with E-state index in [1.54, 1.807) is 0 Å². The smallest absolute Gasteiger partial charge is 0.315 e. The molecule has 1 N–H and O–H groups in total. The molecular weight excluding hydrogens is 278 g/mol. The second-order valence-corrected chi connectivity index (χ2v) is 6.58. The third-order valence-corrected chi connectivity index (χ3v) is 4.87. The van der Waals surface area contributed by atoms with Crippen LogP contribution in [0.3, 0.4) is 0 Å². The summed E-state index contributed by atoms with van der Waals surface area (Å²) in [5, 5.41) is 11.7. The van der Waals surface area contributed by atoms with E-state index in [0.29, 0.717) is 11.9 Å². The minimum absolute atomic E-state index is 0.110. The van der Waals surface area contributed by atoms with E-state index >= 15 is 0 Å². The predicted octanol–water partition coefficient (Wildman–Crippen LogP) is 3.67. The van der Waals surface area contributed by atoms with Gasteiger partial charge in [-0.25, -0.2) is 0 Å². The number of nitrogens with zero attached hydrogens (tertiary/aromatic N) is 2. The summed E-state index contributed by atoms with van der Waals surface area (Å²) < 4.78 is 11.7. The maximum absolute atomic E-state index is 5.87. The highest BCUT2D eigenvalue weighted by Gasteiger charge is 2.37. The van der Waals surface area contributed by atoms with Crippen LogP contribution in [0.1, 0.15) is 56.1 Å². The molecule has 0 radical (unpaired) electrons. The molecule has 116 valence electrons. The first-order chi connectivity index (χ1) is 10.7. The normalized spacial score (nSPS) is 26.6. The third-order valence-electron chi connectivity index (χ3n) is 4.87. The number of hydrogen-bond acceptors (Lipinski definition) is 5. The molecule has 2 aliphatic rings. The number of nitrogens with one attached hydrogen (secondary N) is 1. The maximum Gasteiger partial charge on any atom is 0.315 e. The Hall–Kier alpha value is -1.88. The Labute approximate surface area is 130 Å². The third kappa shape index (κ3) is 2.50. The summed E-state index contributed by atoms with van der Waals surface area (Å²) in [6, 6.07) is 10.9. The number of benzene rings is 1. The number of hydrogen-bond donors (Lipinski definition) is 1. The van der Waals surface area contributed by atoms with E-state index in [-0.39, 0.29) is 17.6 Å². The minimum Gasteiger partial charge on any atom is -0.405 e. The lowest BCUT2D eigenvalue weighted by atomic mass is 9.79. The first-order valence-electron chi connectivity index (χ1n) is 8.02. The van der Waals surface area contributed by atoms with Gasteiger partial charge < -0.3 is 14.5 Å². The summed E-state index contributed by atoms with van der Waals surface area (Å²) in [5.74, 6) is 0.866. The summed E-state index contributed by atoms with van der Waals surface area (Å²) in [6.45, 7) is 2.92. The molecule has 0 bridgehead atoms. The van der Waals surface area contributed by atoms with Gasteiger partial charge in [-0.2, -0.15) is 0 Å². The molecule has 0 amide bonds. The second kappa shape index (κ2) is 5.39. The minimum atomic E-state index is -0.139. The van der Waals surface area contributed by atoms with Crippen LogP contribution in [0.2, 0.25) is 0 Å². The number of anilines is 1. The quantitative estimate of drug-likeness (QED) is 0.933. The molecule has 1 aliphatic carbocycles. The van der Waals surface area contributed by atoms with Crippen molar-refractivity contribution in [2.75, 3.05) is 11.9 Å². The summed E-state index contributed by atoms with van der Waals surface area (Å²) in [5.41, 5.74) is 1.38. The van der Waals surface area contributed by atoms with Gasteiger partial charge >= 0.3 is 6.01 Å². The lowest BCUT2D eigenvalue weighted by Gasteiger charge is -2.38. The van der Waals surface area contributed by atoms with Crippen molar-refractivity contribution in [1.29, 1.82) is 0 Å². The molecule has 0 unspecified atom stereocenters. The first kappa shape index (κ1) is 13.8. The Bertz CT molecular complexity index is 636. The van der Waals surface area contributed by atoms with Crippen molar-refractivity contribution in [3.63, 3.8) is 0 Å². The molecule has 2 atom stereocenters. The molecule has 2 aromatic rings. The Morgan fingerprint density at radius 1 is 1.18 bits per heavy atom. The molecule has 22 heavy (non-hydrogen) atoms. The zero-order valence-corrected chi connectivity index (χ0v) is 12.8. The number of rotatable bonds is 4. The fourth-order valence-electron chi connectivity index (χ4n) is 3.36. The van der Waals surface area contributed by atoms with E-state index in [9.17, 15) is 0 Å². The standard InChI is InChI=1S/C17H21N3O2/c1-17(9-5-10-17)18-16-20-19-15(22-16)14-13(8-11-21-14)12-6-3-2-4-7-12/h2-4,6-7,13-14H,5,8-11H2,1H3,(H,18,20)/t13-,14-/m0/s1. The molecule has 4 rings (SSSR count). The van der Waals surface area contributed by atoms with Crippen molar-refractivity contribution < 1.29 is 9.15 Å². The van der Waals surface area contributed by atoms with Crippen LogP contribution in [-0.4, -0.2) is 22.3 Å². The average Bonchev–Trinajstić information content (AvgIpc) is 3.15. The van der Waals surface area contributed by atoms with Crippen molar-refractivity contribution >= 4 is 6.01 Å². The second-order valence-electron chi connectivity index (χ2n) is 6.58. The lowest BCUT2D eigenvalue weighted by molar-refractivity contribution is 0.0816. The van der Waals surface area contributed by atoms with Gasteiger partial charge in [-0.05, 0) is 38.2 Å². The topological polar surface area (TPSA) is 60.2 Å². The zero-order chi connectivity index (χ0) is 15.0. The van der Waals surface area contributed by atoms with Crippen molar-refractivity contribution in [2.45, 2.75) is 50.2 Å². The molecule has 1 saturated carbocycles. The monoisotopic (exact) mass is 299 g/mol. The van der Waals surface area contributed by atoms with Crippen LogP contribution in [0.5, 0.6) is 0 Å². The van der Waals surface area contributed by atoms with Crippen LogP contribution < -0.4 is 5.32 Å². The van der Waals surface area contributed by atoms with Crippen molar-refractivity contribution in [3.8, 4) is 0 Å². The van der Waals surface area contributed by atoms with Gasteiger partial charge in [0.15, 0.2) is 0 Å². The fourth-order valence-corrected chi connectivity index (χ4v) is 3.36. The molecule has 5 nitrogen and oxygen atoms in total. The summed E-state index contributed by atoms with van der Waals surface area (Å²) >= 11 is 0. The van der Waals surface area contributed by atoms with E-state index in [2.05, 4.69) is 46.7 Å². The first-order valence-corrected chi connectivity index (χ1v) is 8.02. The highest BCUT2D eigenvalue weighted by molar-refractivity contribution is 5.27. The van der Waals surface area contributed by atoms with E-state index in [4.69, 9.17) is 9.15 Å². The highest BCUT2D eigenvalue weighted by Crippen LogP contribution is 2.42. The van der Waals surface area contributed by atoms with Crippen molar-refractivity contribution in [2.24, 2.45) is 0 Å². The summed E-state index contributed by atoms with van der Waals surface area (Å²) in [4.78, 5) is 0. The Morgan fingerprint density at radius 2 is 2.00 bits per heavy atom. The van der Waals surface area contributed by atoms with Gasteiger partial charge in [-0.3, -0.25) is 0 Å². The SMILES string of the molecule is CC1(Nc2nnc([C@H]3OCC[C@H]3c3ccccc3)o2)CCC1. The Morgan fingerprint density at radius 3 is 2.73 bits per heavy atom. The van der Waals surface area contributed by atoms with Gasteiger partial charge in [0.1, 0.15) is 6.10 Å². The van der Waals surface area contributed by atoms with E-state index in [0.717, 1.165) is 25.9 Å². The zero-order valence-electron chi connectivity index (χ0n) is 12.8. The van der Waals surface area contributed by atoms with Crippen LogP contribution in [-0.2, 0) is 4.74 Å². The van der Waals surface area contributed by atoms with Gasteiger partial charge in [0.25, 0.3) is 0 Å². The fraction of sp³-hybridized carbons (Fsp3) is 0.529. The molecule has 1 aromatic carbocycles. The van der Waals surface area contributed by atoms with Gasteiger partial charge in [0.2, 0.25) is 5.89 Å². The average molecular weight is 299 g/mol. The maximum atomic E-state index is 5.87. The van der Waals surface area contributed by atoms with E-state index in [1.807, 2.05) is 6.07 Å². The molecule has 0 spiro atoms. The Balaban J connectivity index is 1.52. The predicted molar refractivity (Wildman–Crippen MR) is 82.7 cm³/mol. The molecule has 5 heteroatoms. The van der Waals surface area contributed by atoms with Gasteiger partial charge in [-0.1, -0.05) is 35.4 Å². The molecule has 1 saturated heterocycles. The summed E-state index contributed by atoms with van der Waals surface area (Å²) in [7, 11) is 0.